The minimum atomic E-state index is -0.708. The van der Waals surface area contributed by atoms with Gasteiger partial charge in [-0.25, -0.2) is 4.98 Å². The summed E-state index contributed by atoms with van der Waals surface area (Å²) in [6.45, 7) is 4.26. The largest absolute Gasteiger partial charge is 0.460 e. The number of ketones is 1. The number of aromatic nitrogens is 1. The van der Waals surface area contributed by atoms with Gasteiger partial charge in [0.15, 0.2) is 10.9 Å². The van der Waals surface area contributed by atoms with Crippen LogP contribution in [-0.2, 0) is 4.74 Å². The minimum Gasteiger partial charge on any atom is -0.460 e. The van der Waals surface area contributed by atoms with E-state index in [1.165, 1.54) is 11.3 Å². The molecule has 0 fully saturated rings. The zero-order valence-corrected chi connectivity index (χ0v) is 13.1. The van der Waals surface area contributed by atoms with E-state index in [0.717, 1.165) is 5.56 Å². The molecule has 1 aromatic carbocycles. The molecule has 1 N–H and O–H groups in total. The van der Waals surface area contributed by atoms with E-state index in [1.54, 1.807) is 18.5 Å². The lowest BCUT2D eigenvalue weighted by Crippen LogP contribution is -2.33. The van der Waals surface area contributed by atoms with Crippen molar-refractivity contribution in [3.8, 4) is 5.75 Å². The second-order valence-corrected chi connectivity index (χ2v) is 5.71. The third-order valence-electron chi connectivity index (χ3n) is 3.23. The maximum Gasteiger partial charge on any atom is 0.232 e. The predicted octanol–water partition coefficient (Wildman–Crippen LogP) is 3.39. The Morgan fingerprint density at radius 1 is 1.50 bits per heavy atom. The van der Waals surface area contributed by atoms with Crippen molar-refractivity contribution in [2.24, 2.45) is 0 Å². The number of benzene rings is 1. The first-order chi connectivity index (χ1) is 10.7. The van der Waals surface area contributed by atoms with E-state index in [4.69, 9.17) is 9.47 Å². The van der Waals surface area contributed by atoms with Crippen LogP contribution in [0.4, 0.5) is 5.13 Å². The number of anilines is 1. The molecule has 0 spiro atoms. The van der Waals surface area contributed by atoms with Crippen molar-refractivity contribution in [3.63, 3.8) is 0 Å². The molecule has 0 saturated heterocycles. The van der Waals surface area contributed by atoms with E-state index in [1.807, 2.05) is 31.4 Å². The van der Waals surface area contributed by atoms with Gasteiger partial charge in [-0.15, -0.1) is 11.3 Å². The number of ether oxygens (including phenoxy) is 2. The quantitative estimate of drug-likeness (QED) is 0.876. The lowest BCUT2D eigenvalue weighted by atomic mass is 9.98. The van der Waals surface area contributed by atoms with Crippen molar-refractivity contribution < 1.29 is 14.3 Å². The Bertz CT molecular complexity index is 710. The highest BCUT2D eigenvalue weighted by molar-refractivity contribution is 7.13. The van der Waals surface area contributed by atoms with Crippen molar-refractivity contribution in [2.45, 2.75) is 20.1 Å². The van der Waals surface area contributed by atoms with Crippen LogP contribution in [0.5, 0.6) is 5.75 Å². The summed E-state index contributed by atoms with van der Waals surface area (Å²) in [5.74, 6) is 0.466. The molecule has 0 amide bonds. The highest BCUT2D eigenvalue weighted by Crippen LogP contribution is 2.32. The number of nitrogens with one attached hydrogen (secondary N) is 1. The topological polar surface area (TPSA) is 60.5 Å². The molecule has 0 saturated carbocycles. The average molecular weight is 316 g/mol. The van der Waals surface area contributed by atoms with E-state index in [2.05, 4.69) is 10.3 Å². The van der Waals surface area contributed by atoms with Gasteiger partial charge in [-0.2, -0.15) is 0 Å². The summed E-state index contributed by atoms with van der Waals surface area (Å²) in [5.41, 5.74) is 2.01. The Kier molecular flexibility index (Phi) is 4.22. The summed E-state index contributed by atoms with van der Waals surface area (Å²) in [4.78, 5) is 16.9. The van der Waals surface area contributed by atoms with E-state index in [-0.39, 0.29) is 5.78 Å². The molecule has 1 aromatic heterocycles. The molecule has 5 nitrogen and oxygen atoms in total. The smallest absolute Gasteiger partial charge is 0.232 e. The van der Waals surface area contributed by atoms with Gasteiger partial charge in [0.05, 0.1) is 11.1 Å². The molecule has 0 aliphatic carbocycles. The van der Waals surface area contributed by atoms with Crippen LogP contribution >= 0.6 is 11.3 Å². The molecule has 22 heavy (non-hydrogen) atoms. The molecule has 3 rings (SSSR count). The summed E-state index contributed by atoms with van der Waals surface area (Å²) in [6.07, 6.45) is 2.61. The van der Waals surface area contributed by atoms with Crippen LogP contribution in [0, 0.1) is 6.92 Å². The highest BCUT2D eigenvalue weighted by Gasteiger charge is 2.32. The number of carbonyl (C=O) groups excluding carboxylic acids is 1. The summed E-state index contributed by atoms with van der Waals surface area (Å²) >= 11 is 1.46. The molecule has 6 heteroatoms. The number of aryl methyl sites for hydroxylation is 1. The maximum atomic E-state index is 12.7. The fraction of sp³-hybridized carbons (Fsp3) is 0.250. The summed E-state index contributed by atoms with van der Waals surface area (Å²) in [6, 6.07) is 5.55. The molecule has 114 valence electrons. The normalized spacial score (nSPS) is 18.9. The molecule has 1 aliphatic heterocycles. The van der Waals surface area contributed by atoms with Gasteiger partial charge in [-0.05, 0) is 26.0 Å². The molecule has 1 atom stereocenters. The standard InChI is InChI=1S/C16H16N2O3S/c1-3-20-15-12(9-18-16-17-6-7-22-16)14(19)11-8-10(2)4-5-13(11)21-15/h4-9,15H,3H2,1-2H3,(H,17,18)/b12-9-. The number of hydrogen-bond acceptors (Lipinski definition) is 6. The Hall–Kier alpha value is -2.18. The first-order valence-electron chi connectivity index (χ1n) is 6.98. The number of nitrogens with zero attached hydrogens (tertiary/aromatic N) is 1. The van der Waals surface area contributed by atoms with Crippen molar-refractivity contribution >= 4 is 22.3 Å². The molecule has 0 radical (unpaired) electrons. The van der Waals surface area contributed by atoms with Crippen LogP contribution in [0.3, 0.4) is 0 Å². The molecular weight excluding hydrogens is 300 g/mol. The Morgan fingerprint density at radius 3 is 3.09 bits per heavy atom. The van der Waals surface area contributed by atoms with Gasteiger partial charge >= 0.3 is 0 Å². The van der Waals surface area contributed by atoms with Crippen molar-refractivity contribution in [3.05, 3.63) is 52.7 Å². The van der Waals surface area contributed by atoms with Gasteiger partial charge in [0.1, 0.15) is 5.75 Å². The predicted molar refractivity (Wildman–Crippen MR) is 85.4 cm³/mol. The number of carbonyl (C=O) groups is 1. The first kappa shape index (κ1) is 14.7. The van der Waals surface area contributed by atoms with Gasteiger partial charge in [-0.3, -0.25) is 4.79 Å². The Labute approximate surface area is 132 Å². The fourth-order valence-electron chi connectivity index (χ4n) is 2.21. The molecule has 0 bridgehead atoms. The maximum absolute atomic E-state index is 12.7. The van der Waals surface area contributed by atoms with E-state index in [0.29, 0.717) is 28.6 Å². The van der Waals surface area contributed by atoms with Crippen LogP contribution in [0.1, 0.15) is 22.8 Å². The van der Waals surface area contributed by atoms with Crippen LogP contribution in [0.25, 0.3) is 0 Å². The number of thiazole rings is 1. The zero-order valence-electron chi connectivity index (χ0n) is 12.3. The van der Waals surface area contributed by atoms with Crippen LogP contribution in [-0.4, -0.2) is 23.7 Å². The van der Waals surface area contributed by atoms with Crippen molar-refractivity contribution in [1.82, 2.24) is 4.98 Å². The third kappa shape index (κ3) is 2.88. The SMILES string of the molecule is CCOC1Oc2ccc(C)cc2C(=O)/C1=C/Nc1nccs1. The van der Waals surface area contributed by atoms with Gasteiger partial charge in [0.2, 0.25) is 6.29 Å². The number of hydrogen-bond donors (Lipinski definition) is 1. The van der Waals surface area contributed by atoms with Crippen LogP contribution < -0.4 is 10.1 Å². The average Bonchev–Trinajstić information content (AvgIpc) is 3.01. The second kappa shape index (κ2) is 6.29. The summed E-state index contributed by atoms with van der Waals surface area (Å²) in [7, 11) is 0. The van der Waals surface area contributed by atoms with E-state index < -0.39 is 6.29 Å². The first-order valence-corrected chi connectivity index (χ1v) is 7.86. The summed E-state index contributed by atoms with van der Waals surface area (Å²) < 4.78 is 11.4. The van der Waals surface area contributed by atoms with Crippen molar-refractivity contribution in [1.29, 1.82) is 0 Å². The van der Waals surface area contributed by atoms with Crippen LogP contribution in [0.2, 0.25) is 0 Å². The van der Waals surface area contributed by atoms with Gasteiger partial charge in [0.25, 0.3) is 0 Å². The lowest BCUT2D eigenvalue weighted by molar-refractivity contribution is -0.0509. The Balaban J connectivity index is 1.95. The number of rotatable bonds is 4. The van der Waals surface area contributed by atoms with Gasteiger partial charge < -0.3 is 14.8 Å². The van der Waals surface area contributed by atoms with Crippen molar-refractivity contribution in [2.75, 3.05) is 11.9 Å². The van der Waals surface area contributed by atoms with E-state index in [9.17, 15) is 4.79 Å². The van der Waals surface area contributed by atoms with Gasteiger partial charge in [0, 0.05) is 24.4 Å². The molecule has 1 aliphatic rings. The molecule has 2 heterocycles. The fourth-order valence-corrected chi connectivity index (χ4v) is 2.71. The second-order valence-electron chi connectivity index (χ2n) is 4.82. The third-order valence-corrected chi connectivity index (χ3v) is 3.94. The molecule has 2 aromatic rings. The number of fused-ring (bicyclic) bond motifs is 1. The zero-order chi connectivity index (χ0) is 15.5. The monoisotopic (exact) mass is 316 g/mol. The lowest BCUT2D eigenvalue weighted by Gasteiger charge is -2.27. The molecule has 1 unspecified atom stereocenters. The van der Waals surface area contributed by atoms with E-state index >= 15 is 0 Å². The molecular formula is C16H16N2O3S. The van der Waals surface area contributed by atoms with Crippen LogP contribution in [0.15, 0.2) is 41.5 Å². The summed E-state index contributed by atoms with van der Waals surface area (Å²) in [5, 5.41) is 5.60. The minimum absolute atomic E-state index is 0.0903. The highest BCUT2D eigenvalue weighted by atomic mass is 32.1. The number of Topliss-reactive ketones (excluding diaryl/α,β-unsaturated/α-hetero) is 1. The Morgan fingerprint density at radius 2 is 2.36 bits per heavy atom. The van der Waals surface area contributed by atoms with Gasteiger partial charge in [-0.1, -0.05) is 11.6 Å².